The monoisotopic (exact) mass is 353 g/mol. The van der Waals surface area contributed by atoms with Crippen molar-refractivity contribution in [2.75, 3.05) is 0 Å². The second-order valence-electron chi connectivity index (χ2n) is 4.85. The molecule has 0 heterocycles. The smallest absolute Gasteiger partial charge is 0.254 e. The third-order valence-corrected chi connectivity index (χ3v) is 3.62. The molecule has 0 aliphatic rings. The molecule has 110 valence electrons. The third kappa shape index (κ3) is 3.67. The summed E-state index contributed by atoms with van der Waals surface area (Å²) in [6.45, 7) is 3.56. The number of amides is 1. The summed E-state index contributed by atoms with van der Waals surface area (Å²) >= 11 is 3.14. The summed E-state index contributed by atoms with van der Waals surface area (Å²) in [4.78, 5) is 11.9. The summed E-state index contributed by atoms with van der Waals surface area (Å²) < 4.78 is 27.8. The maximum Gasteiger partial charge on any atom is 0.254 e. The van der Waals surface area contributed by atoms with Crippen molar-refractivity contribution in [2.24, 2.45) is 0 Å². The second kappa shape index (κ2) is 6.35. The number of carbonyl (C=O) groups excluding carboxylic acids is 1. The standard InChI is InChI=1S/C16H14BrF2NO/c1-9-5-11(6-10(2)15(9)19)8-20-16(21)13-4-3-12(17)7-14(13)18/h3-7H,8H2,1-2H3,(H,20,21). The lowest BCUT2D eigenvalue weighted by Gasteiger charge is -2.09. The average Bonchev–Trinajstić information content (AvgIpc) is 2.42. The van der Waals surface area contributed by atoms with Crippen molar-refractivity contribution < 1.29 is 13.6 Å². The van der Waals surface area contributed by atoms with Crippen LogP contribution in [0.1, 0.15) is 27.0 Å². The van der Waals surface area contributed by atoms with Crippen LogP contribution >= 0.6 is 15.9 Å². The van der Waals surface area contributed by atoms with Gasteiger partial charge in [0.25, 0.3) is 5.91 Å². The van der Waals surface area contributed by atoms with Crippen molar-refractivity contribution in [3.8, 4) is 0 Å². The number of benzene rings is 2. The van der Waals surface area contributed by atoms with Crippen LogP contribution in [-0.4, -0.2) is 5.91 Å². The van der Waals surface area contributed by atoms with Gasteiger partial charge in [-0.3, -0.25) is 4.79 Å². The van der Waals surface area contributed by atoms with Crippen LogP contribution < -0.4 is 5.32 Å². The van der Waals surface area contributed by atoms with Crippen LogP contribution in [0.4, 0.5) is 8.78 Å². The Morgan fingerprint density at radius 1 is 1.14 bits per heavy atom. The molecule has 0 aliphatic carbocycles. The van der Waals surface area contributed by atoms with Crippen molar-refractivity contribution in [1.82, 2.24) is 5.32 Å². The Balaban J connectivity index is 2.11. The van der Waals surface area contributed by atoms with Crippen LogP contribution in [-0.2, 0) is 6.54 Å². The van der Waals surface area contributed by atoms with Crippen molar-refractivity contribution in [3.05, 3.63) is 68.7 Å². The first kappa shape index (κ1) is 15.6. The second-order valence-corrected chi connectivity index (χ2v) is 5.77. The molecular formula is C16H14BrF2NO. The molecule has 2 rings (SSSR count). The molecule has 0 aromatic heterocycles. The summed E-state index contributed by atoms with van der Waals surface area (Å²) in [5.74, 6) is -1.34. The third-order valence-electron chi connectivity index (χ3n) is 3.13. The molecule has 5 heteroatoms. The zero-order valence-electron chi connectivity index (χ0n) is 11.6. The van der Waals surface area contributed by atoms with E-state index in [1.807, 2.05) is 0 Å². The fourth-order valence-corrected chi connectivity index (χ4v) is 2.42. The number of rotatable bonds is 3. The Morgan fingerprint density at radius 2 is 1.76 bits per heavy atom. The minimum Gasteiger partial charge on any atom is -0.348 e. The number of nitrogens with one attached hydrogen (secondary N) is 1. The fraction of sp³-hybridized carbons (Fsp3) is 0.188. The van der Waals surface area contributed by atoms with Gasteiger partial charge in [-0.15, -0.1) is 0 Å². The van der Waals surface area contributed by atoms with E-state index < -0.39 is 11.7 Å². The van der Waals surface area contributed by atoms with Gasteiger partial charge in [0, 0.05) is 11.0 Å². The van der Waals surface area contributed by atoms with Crippen LogP contribution in [0.25, 0.3) is 0 Å². The molecule has 1 N–H and O–H groups in total. The highest BCUT2D eigenvalue weighted by Crippen LogP contribution is 2.17. The predicted octanol–water partition coefficient (Wildman–Crippen LogP) is 4.27. The Kier molecular flexibility index (Phi) is 4.73. The molecule has 0 spiro atoms. The SMILES string of the molecule is Cc1cc(CNC(=O)c2ccc(Br)cc2F)cc(C)c1F. The lowest BCUT2D eigenvalue weighted by atomic mass is 10.1. The van der Waals surface area contributed by atoms with Crippen LogP contribution in [0.5, 0.6) is 0 Å². The lowest BCUT2D eigenvalue weighted by molar-refractivity contribution is 0.0947. The summed E-state index contributed by atoms with van der Waals surface area (Å²) in [7, 11) is 0. The van der Waals surface area contributed by atoms with Gasteiger partial charge >= 0.3 is 0 Å². The molecule has 0 saturated heterocycles. The van der Waals surface area contributed by atoms with Gasteiger partial charge in [0.15, 0.2) is 0 Å². The first-order valence-electron chi connectivity index (χ1n) is 6.37. The molecule has 0 radical (unpaired) electrons. The molecule has 0 unspecified atom stereocenters. The number of halogens is 3. The molecule has 2 aromatic carbocycles. The van der Waals surface area contributed by atoms with Gasteiger partial charge in [-0.1, -0.05) is 28.1 Å². The van der Waals surface area contributed by atoms with Crippen molar-refractivity contribution in [2.45, 2.75) is 20.4 Å². The van der Waals surface area contributed by atoms with Crippen molar-refractivity contribution in [3.63, 3.8) is 0 Å². The summed E-state index contributed by atoms with van der Waals surface area (Å²) in [6, 6.07) is 7.59. The van der Waals surface area contributed by atoms with E-state index in [-0.39, 0.29) is 17.9 Å². The Labute approximate surface area is 130 Å². The lowest BCUT2D eigenvalue weighted by Crippen LogP contribution is -2.24. The summed E-state index contributed by atoms with van der Waals surface area (Å²) in [5.41, 5.74) is 1.80. The summed E-state index contributed by atoms with van der Waals surface area (Å²) in [5, 5.41) is 2.63. The zero-order valence-corrected chi connectivity index (χ0v) is 13.2. The molecule has 2 aromatic rings. The van der Waals surface area contributed by atoms with Gasteiger partial charge in [0.2, 0.25) is 0 Å². The van der Waals surface area contributed by atoms with E-state index in [0.29, 0.717) is 15.6 Å². The van der Waals surface area contributed by atoms with Crippen LogP contribution in [0.2, 0.25) is 0 Å². The van der Waals surface area contributed by atoms with Gasteiger partial charge in [-0.05, 0) is 48.7 Å². The van der Waals surface area contributed by atoms with Gasteiger partial charge in [0.1, 0.15) is 11.6 Å². The van der Waals surface area contributed by atoms with Gasteiger partial charge in [-0.2, -0.15) is 0 Å². The quantitative estimate of drug-likeness (QED) is 0.876. The highest BCUT2D eigenvalue weighted by atomic mass is 79.9. The van der Waals surface area contributed by atoms with E-state index >= 15 is 0 Å². The highest BCUT2D eigenvalue weighted by Gasteiger charge is 2.12. The predicted molar refractivity (Wildman–Crippen MR) is 81.1 cm³/mol. The first-order chi connectivity index (χ1) is 9.88. The normalized spacial score (nSPS) is 10.5. The highest BCUT2D eigenvalue weighted by molar-refractivity contribution is 9.10. The minimum absolute atomic E-state index is 0.0197. The van der Waals surface area contributed by atoms with E-state index in [4.69, 9.17) is 0 Å². The number of carbonyl (C=O) groups is 1. The largest absolute Gasteiger partial charge is 0.348 e. The van der Waals surface area contributed by atoms with E-state index in [2.05, 4.69) is 21.2 Å². The molecule has 0 fully saturated rings. The molecule has 2 nitrogen and oxygen atoms in total. The van der Waals surface area contributed by atoms with Gasteiger partial charge in [0.05, 0.1) is 5.56 Å². The maximum atomic E-state index is 13.7. The number of aryl methyl sites for hydroxylation is 2. The van der Waals surface area contributed by atoms with Crippen LogP contribution in [0.3, 0.4) is 0 Å². The van der Waals surface area contributed by atoms with Crippen LogP contribution in [0.15, 0.2) is 34.8 Å². The molecule has 0 aliphatic heterocycles. The number of hydrogen-bond acceptors (Lipinski definition) is 1. The van der Waals surface area contributed by atoms with E-state index in [9.17, 15) is 13.6 Å². The zero-order chi connectivity index (χ0) is 15.6. The maximum absolute atomic E-state index is 13.7. The fourth-order valence-electron chi connectivity index (χ4n) is 2.09. The Hall–Kier alpha value is -1.75. The van der Waals surface area contributed by atoms with Crippen molar-refractivity contribution >= 4 is 21.8 Å². The molecule has 0 bridgehead atoms. The molecular weight excluding hydrogens is 340 g/mol. The molecule has 0 atom stereocenters. The molecule has 21 heavy (non-hydrogen) atoms. The van der Waals surface area contributed by atoms with E-state index in [1.165, 1.54) is 12.1 Å². The van der Waals surface area contributed by atoms with Gasteiger partial charge < -0.3 is 5.32 Å². The molecule has 0 saturated carbocycles. The van der Waals surface area contributed by atoms with E-state index in [1.54, 1.807) is 32.0 Å². The average molecular weight is 354 g/mol. The molecule has 1 amide bonds. The van der Waals surface area contributed by atoms with Crippen molar-refractivity contribution in [1.29, 1.82) is 0 Å². The van der Waals surface area contributed by atoms with Gasteiger partial charge in [-0.25, -0.2) is 8.78 Å². The first-order valence-corrected chi connectivity index (χ1v) is 7.16. The Bertz CT molecular complexity index is 678. The topological polar surface area (TPSA) is 29.1 Å². The number of hydrogen-bond donors (Lipinski definition) is 1. The minimum atomic E-state index is -0.589. The summed E-state index contributed by atoms with van der Waals surface area (Å²) in [6.07, 6.45) is 0. The van der Waals surface area contributed by atoms with Crippen LogP contribution in [0, 0.1) is 25.5 Å². The van der Waals surface area contributed by atoms with E-state index in [0.717, 1.165) is 5.56 Å². The Morgan fingerprint density at radius 3 is 2.33 bits per heavy atom.